The third-order valence-corrected chi connectivity index (χ3v) is 2.89. The van der Waals surface area contributed by atoms with Crippen LogP contribution in [-0.2, 0) is 0 Å². The van der Waals surface area contributed by atoms with Crippen molar-refractivity contribution in [1.29, 1.82) is 5.26 Å². The number of pyridine rings is 1. The fraction of sp³-hybridized carbons (Fsp3) is 0.231. The van der Waals surface area contributed by atoms with Crippen molar-refractivity contribution < 1.29 is 4.92 Å². The van der Waals surface area contributed by atoms with Gasteiger partial charge in [0, 0.05) is 25.9 Å². The number of anilines is 1. The maximum Gasteiger partial charge on any atom is 0.278 e. The normalized spacial score (nSPS) is 10.1. The summed E-state index contributed by atoms with van der Waals surface area (Å²) in [6, 6.07) is 8.58. The van der Waals surface area contributed by atoms with Gasteiger partial charge >= 0.3 is 0 Å². The van der Waals surface area contributed by atoms with Gasteiger partial charge in [-0.3, -0.25) is 15.1 Å². The summed E-state index contributed by atoms with van der Waals surface area (Å²) in [5.41, 5.74) is 1.41. The van der Waals surface area contributed by atoms with Crippen LogP contribution in [0, 0.1) is 21.4 Å². The van der Waals surface area contributed by atoms with E-state index in [0.29, 0.717) is 23.9 Å². The molecule has 0 bridgehead atoms. The SMILES string of the molecule is CN(CCC#N)c1ccc([N+](=O)[O-])c2cccnc12. The summed E-state index contributed by atoms with van der Waals surface area (Å²) in [5, 5.41) is 20.1. The highest BCUT2D eigenvalue weighted by atomic mass is 16.6. The largest absolute Gasteiger partial charge is 0.372 e. The highest BCUT2D eigenvalue weighted by Gasteiger charge is 2.16. The Bertz CT molecular complexity index is 663. The Kier molecular flexibility index (Phi) is 3.57. The number of rotatable bonds is 4. The van der Waals surface area contributed by atoms with Crippen LogP contribution in [0.25, 0.3) is 10.9 Å². The zero-order chi connectivity index (χ0) is 13.8. The van der Waals surface area contributed by atoms with Crippen molar-refractivity contribution in [2.75, 3.05) is 18.5 Å². The fourth-order valence-corrected chi connectivity index (χ4v) is 1.95. The van der Waals surface area contributed by atoms with Crippen LogP contribution >= 0.6 is 0 Å². The lowest BCUT2D eigenvalue weighted by atomic mass is 10.1. The molecular weight excluding hydrogens is 244 g/mol. The topological polar surface area (TPSA) is 83.1 Å². The fourth-order valence-electron chi connectivity index (χ4n) is 1.95. The first-order chi connectivity index (χ1) is 9.15. The second-order valence-corrected chi connectivity index (χ2v) is 4.09. The molecule has 1 heterocycles. The van der Waals surface area contributed by atoms with Crippen molar-refractivity contribution in [3.63, 3.8) is 0 Å². The Balaban J connectivity index is 2.56. The van der Waals surface area contributed by atoms with Crippen molar-refractivity contribution in [2.45, 2.75) is 6.42 Å². The lowest BCUT2D eigenvalue weighted by molar-refractivity contribution is -0.383. The molecule has 1 aromatic heterocycles. The average molecular weight is 256 g/mol. The summed E-state index contributed by atoms with van der Waals surface area (Å²) in [6.07, 6.45) is 2.00. The van der Waals surface area contributed by atoms with E-state index in [1.807, 2.05) is 11.9 Å². The van der Waals surface area contributed by atoms with Crippen molar-refractivity contribution in [3.05, 3.63) is 40.6 Å². The molecule has 96 valence electrons. The number of nitriles is 1. The second-order valence-electron chi connectivity index (χ2n) is 4.09. The van der Waals surface area contributed by atoms with E-state index in [0.717, 1.165) is 5.69 Å². The Morgan fingerprint density at radius 3 is 2.95 bits per heavy atom. The first kappa shape index (κ1) is 12.8. The molecule has 2 aromatic rings. The standard InChI is InChI=1S/C13H12N4O2/c1-16(9-3-7-14)12-6-5-11(17(18)19)10-4-2-8-15-13(10)12/h2,4-6,8H,3,9H2,1H3. The zero-order valence-corrected chi connectivity index (χ0v) is 10.4. The summed E-state index contributed by atoms with van der Waals surface area (Å²) < 4.78 is 0. The maximum absolute atomic E-state index is 11.0. The van der Waals surface area contributed by atoms with Crippen LogP contribution in [0.4, 0.5) is 11.4 Å². The number of non-ortho nitro benzene ring substituents is 1. The number of nitrogens with zero attached hydrogens (tertiary/aromatic N) is 4. The molecule has 0 fully saturated rings. The minimum Gasteiger partial charge on any atom is -0.372 e. The minimum absolute atomic E-state index is 0.0422. The van der Waals surface area contributed by atoms with E-state index in [9.17, 15) is 10.1 Å². The second kappa shape index (κ2) is 5.31. The molecular formula is C13H12N4O2. The van der Waals surface area contributed by atoms with Gasteiger partial charge < -0.3 is 4.90 Å². The van der Waals surface area contributed by atoms with Crippen LogP contribution in [0.3, 0.4) is 0 Å². The summed E-state index contributed by atoms with van der Waals surface area (Å²) in [5.74, 6) is 0. The predicted molar refractivity (Wildman–Crippen MR) is 71.9 cm³/mol. The van der Waals surface area contributed by atoms with Gasteiger partial charge in [-0.2, -0.15) is 5.26 Å². The number of hydrogen-bond acceptors (Lipinski definition) is 5. The molecule has 1 aromatic carbocycles. The summed E-state index contributed by atoms with van der Waals surface area (Å²) in [7, 11) is 1.84. The average Bonchev–Trinajstić information content (AvgIpc) is 2.43. The molecule has 0 spiro atoms. The quantitative estimate of drug-likeness (QED) is 0.620. The Morgan fingerprint density at radius 1 is 1.47 bits per heavy atom. The summed E-state index contributed by atoms with van der Waals surface area (Å²) in [6.45, 7) is 0.556. The lowest BCUT2D eigenvalue weighted by Crippen LogP contribution is -2.18. The lowest BCUT2D eigenvalue weighted by Gasteiger charge is -2.19. The number of benzene rings is 1. The van der Waals surface area contributed by atoms with E-state index in [1.165, 1.54) is 6.07 Å². The zero-order valence-electron chi connectivity index (χ0n) is 10.4. The number of nitro benzene ring substituents is 1. The number of nitro groups is 1. The van der Waals surface area contributed by atoms with E-state index in [-0.39, 0.29) is 5.69 Å². The van der Waals surface area contributed by atoms with E-state index in [2.05, 4.69) is 11.1 Å². The third-order valence-electron chi connectivity index (χ3n) is 2.89. The molecule has 0 aliphatic rings. The molecule has 0 aliphatic carbocycles. The smallest absolute Gasteiger partial charge is 0.278 e. The number of fused-ring (bicyclic) bond motifs is 1. The van der Waals surface area contributed by atoms with Crippen molar-refractivity contribution in [1.82, 2.24) is 4.98 Å². The highest BCUT2D eigenvalue weighted by molar-refractivity contribution is 5.96. The Morgan fingerprint density at radius 2 is 2.26 bits per heavy atom. The molecule has 0 unspecified atom stereocenters. The molecule has 19 heavy (non-hydrogen) atoms. The Labute approximate surface area is 110 Å². The van der Waals surface area contributed by atoms with E-state index in [4.69, 9.17) is 5.26 Å². The summed E-state index contributed by atoms with van der Waals surface area (Å²) in [4.78, 5) is 16.7. The van der Waals surface area contributed by atoms with Crippen LogP contribution in [0.5, 0.6) is 0 Å². The molecule has 0 N–H and O–H groups in total. The van der Waals surface area contributed by atoms with E-state index in [1.54, 1.807) is 24.4 Å². The highest BCUT2D eigenvalue weighted by Crippen LogP contribution is 2.31. The minimum atomic E-state index is -0.414. The van der Waals surface area contributed by atoms with E-state index >= 15 is 0 Å². The van der Waals surface area contributed by atoms with Crippen molar-refractivity contribution in [2.24, 2.45) is 0 Å². The van der Waals surface area contributed by atoms with Gasteiger partial charge in [0.2, 0.25) is 0 Å². The number of aromatic nitrogens is 1. The molecule has 6 heteroatoms. The van der Waals surface area contributed by atoms with Crippen LogP contribution in [0.15, 0.2) is 30.5 Å². The van der Waals surface area contributed by atoms with Gasteiger partial charge in [0.1, 0.15) is 5.52 Å². The molecule has 0 saturated carbocycles. The monoisotopic (exact) mass is 256 g/mol. The molecule has 0 saturated heterocycles. The van der Waals surface area contributed by atoms with Gasteiger partial charge in [-0.25, -0.2) is 0 Å². The van der Waals surface area contributed by atoms with Gasteiger partial charge in [0.25, 0.3) is 5.69 Å². The van der Waals surface area contributed by atoms with E-state index < -0.39 is 4.92 Å². The number of hydrogen-bond donors (Lipinski definition) is 0. The van der Waals surface area contributed by atoms with Gasteiger partial charge in [0.15, 0.2) is 0 Å². The first-order valence-electron chi connectivity index (χ1n) is 5.75. The van der Waals surface area contributed by atoms with Crippen molar-refractivity contribution in [3.8, 4) is 6.07 Å². The maximum atomic E-state index is 11.0. The Hall–Kier alpha value is -2.68. The van der Waals surface area contributed by atoms with Crippen LogP contribution in [0.1, 0.15) is 6.42 Å². The third kappa shape index (κ3) is 2.45. The van der Waals surface area contributed by atoms with Gasteiger partial charge in [-0.15, -0.1) is 0 Å². The molecule has 0 amide bonds. The summed E-state index contributed by atoms with van der Waals surface area (Å²) >= 11 is 0. The first-order valence-corrected chi connectivity index (χ1v) is 5.75. The van der Waals surface area contributed by atoms with Crippen LogP contribution in [0.2, 0.25) is 0 Å². The molecule has 2 rings (SSSR count). The molecule has 6 nitrogen and oxygen atoms in total. The van der Waals surface area contributed by atoms with Crippen LogP contribution < -0.4 is 4.90 Å². The molecule has 0 aliphatic heterocycles. The van der Waals surface area contributed by atoms with Gasteiger partial charge in [0.05, 0.1) is 28.5 Å². The van der Waals surface area contributed by atoms with Gasteiger partial charge in [-0.1, -0.05) is 0 Å². The predicted octanol–water partition coefficient (Wildman–Crippen LogP) is 2.49. The van der Waals surface area contributed by atoms with Gasteiger partial charge in [-0.05, 0) is 18.2 Å². The van der Waals surface area contributed by atoms with Crippen LogP contribution in [-0.4, -0.2) is 23.5 Å². The molecule has 0 atom stereocenters. The van der Waals surface area contributed by atoms with Crippen molar-refractivity contribution >= 4 is 22.3 Å². The molecule has 0 radical (unpaired) electrons.